The number of benzene rings is 2. The molecule has 144 valence electrons. The van der Waals surface area contributed by atoms with Gasteiger partial charge in [-0.25, -0.2) is 4.39 Å². The fourth-order valence-electron chi connectivity index (χ4n) is 5.00. The molecule has 1 aliphatic heterocycles. The van der Waals surface area contributed by atoms with Crippen LogP contribution in [-0.2, 0) is 12.0 Å². The van der Waals surface area contributed by atoms with Gasteiger partial charge in [0.15, 0.2) is 11.6 Å². The monoisotopic (exact) mass is 370 g/mol. The number of hydrogen-bond donors (Lipinski definition) is 2. The highest BCUT2D eigenvalue weighted by Crippen LogP contribution is 2.52. The van der Waals surface area contributed by atoms with Gasteiger partial charge >= 0.3 is 0 Å². The Bertz CT molecular complexity index is 831. The third kappa shape index (κ3) is 2.94. The minimum absolute atomic E-state index is 0.0139. The van der Waals surface area contributed by atoms with Crippen molar-refractivity contribution < 1.29 is 14.6 Å². The van der Waals surface area contributed by atoms with Gasteiger partial charge in [0.1, 0.15) is 0 Å². The van der Waals surface area contributed by atoms with Crippen molar-refractivity contribution in [3.8, 4) is 5.75 Å². The van der Waals surface area contributed by atoms with E-state index in [0.717, 1.165) is 25.9 Å². The van der Waals surface area contributed by atoms with Crippen LogP contribution in [0.5, 0.6) is 5.75 Å². The van der Waals surface area contributed by atoms with Crippen molar-refractivity contribution in [2.75, 3.05) is 27.2 Å². The quantitative estimate of drug-likeness (QED) is 0.872. The Balaban J connectivity index is 1.55. The highest BCUT2D eigenvalue weighted by Gasteiger charge is 2.53. The smallest absolute Gasteiger partial charge is 0.165 e. The summed E-state index contributed by atoms with van der Waals surface area (Å²) in [5.74, 6) is -0.827. The van der Waals surface area contributed by atoms with Crippen molar-refractivity contribution in [1.29, 1.82) is 0 Å². The second kappa shape index (κ2) is 6.89. The summed E-state index contributed by atoms with van der Waals surface area (Å²) in [6.07, 6.45) is 1.27. The van der Waals surface area contributed by atoms with Gasteiger partial charge in [-0.2, -0.15) is 0 Å². The van der Waals surface area contributed by atoms with E-state index in [2.05, 4.69) is 28.0 Å². The summed E-state index contributed by atoms with van der Waals surface area (Å²) in [4.78, 5) is 4.34. The molecule has 1 fully saturated rings. The van der Waals surface area contributed by atoms with Crippen molar-refractivity contribution in [3.05, 3.63) is 65.0 Å². The Morgan fingerprint density at radius 3 is 2.52 bits per heavy atom. The molecule has 0 aromatic heterocycles. The van der Waals surface area contributed by atoms with Gasteiger partial charge in [0.25, 0.3) is 0 Å². The van der Waals surface area contributed by atoms with Crippen molar-refractivity contribution >= 4 is 0 Å². The molecule has 0 bridgehead atoms. The molecule has 2 aromatic rings. The molecule has 1 spiro atoms. The average Bonchev–Trinajstić information content (AvgIpc) is 2.90. The summed E-state index contributed by atoms with van der Waals surface area (Å²) in [5, 5.41) is 21.2. The van der Waals surface area contributed by atoms with Crippen LogP contribution in [0.25, 0.3) is 0 Å². The SMILES string of the molecule is CN(C)[C@@H]1c2ccccc2C2(CCN(Cc3cccc(F)c3O)CC2)[C@H]1O. The van der Waals surface area contributed by atoms with Crippen molar-refractivity contribution in [3.63, 3.8) is 0 Å². The summed E-state index contributed by atoms with van der Waals surface area (Å²) in [6.45, 7) is 2.14. The number of piperidine rings is 1. The molecular weight excluding hydrogens is 343 g/mol. The number of aliphatic hydroxyl groups excluding tert-OH is 1. The maximum absolute atomic E-state index is 13.6. The summed E-state index contributed by atoms with van der Waals surface area (Å²) < 4.78 is 13.6. The van der Waals surface area contributed by atoms with E-state index in [4.69, 9.17) is 0 Å². The predicted molar refractivity (Wildman–Crippen MR) is 103 cm³/mol. The van der Waals surface area contributed by atoms with Crippen LogP contribution in [0, 0.1) is 5.82 Å². The number of fused-ring (bicyclic) bond motifs is 2. The van der Waals surface area contributed by atoms with Gasteiger partial charge in [-0.15, -0.1) is 0 Å². The van der Waals surface area contributed by atoms with Crippen molar-refractivity contribution in [1.82, 2.24) is 9.80 Å². The molecule has 0 saturated carbocycles. The lowest BCUT2D eigenvalue weighted by Gasteiger charge is -2.43. The first-order chi connectivity index (χ1) is 12.9. The molecule has 5 heteroatoms. The number of aliphatic hydroxyl groups is 1. The van der Waals surface area contributed by atoms with Gasteiger partial charge in [-0.3, -0.25) is 4.90 Å². The van der Waals surface area contributed by atoms with Gasteiger partial charge < -0.3 is 15.1 Å². The minimum Gasteiger partial charge on any atom is -0.505 e. The zero-order valence-electron chi connectivity index (χ0n) is 15.9. The van der Waals surface area contributed by atoms with Gasteiger partial charge in [0.2, 0.25) is 0 Å². The molecule has 1 aliphatic carbocycles. The number of phenols is 1. The standard InChI is InChI=1S/C22H27FN2O2/c1-24(2)19-16-7-3-4-8-17(16)22(21(19)27)10-12-25(13-11-22)14-15-6-5-9-18(23)20(15)26/h3-9,19,21,26-27H,10-14H2,1-2H3/t19-,21+/m1/s1. The van der Waals surface area contributed by atoms with Crippen LogP contribution in [0.3, 0.4) is 0 Å². The molecule has 1 heterocycles. The topological polar surface area (TPSA) is 46.9 Å². The molecule has 2 aliphatic rings. The normalized spacial score (nSPS) is 24.5. The Morgan fingerprint density at radius 2 is 1.81 bits per heavy atom. The fraction of sp³-hybridized carbons (Fsp3) is 0.455. The number of phenolic OH excluding ortho intramolecular Hbond substituents is 1. The van der Waals surface area contributed by atoms with Gasteiger partial charge in [0.05, 0.1) is 12.1 Å². The maximum atomic E-state index is 13.6. The Morgan fingerprint density at radius 1 is 1.11 bits per heavy atom. The lowest BCUT2D eigenvalue weighted by Crippen LogP contribution is -2.49. The van der Waals surface area contributed by atoms with Crippen molar-refractivity contribution in [2.24, 2.45) is 0 Å². The molecule has 1 saturated heterocycles. The second-order valence-corrected chi connectivity index (χ2v) is 8.12. The molecule has 4 rings (SSSR count). The van der Waals surface area contributed by atoms with Gasteiger partial charge in [-0.05, 0) is 57.2 Å². The summed E-state index contributed by atoms with van der Waals surface area (Å²) >= 11 is 0. The van der Waals surface area contributed by atoms with Gasteiger partial charge in [-0.1, -0.05) is 36.4 Å². The number of aromatic hydroxyl groups is 1. The van der Waals surface area contributed by atoms with E-state index in [1.807, 2.05) is 20.2 Å². The Hall–Kier alpha value is -1.95. The third-order valence-corrected chi connectivity index (χ3v) is 6.45. The van der Waals surface area contributed by atoms with E-state index >= 15 is 0 Å². The predicted octanol–water partition coefficient (Wildman–Crippen LogP) is 3.04. The summed E-state index contributed by atoms with van der Waals surface area (Å²) in [7, 11) is 4.04. The number of rotatable bonds is 3. The maximum Gasteiger partial charge on any atom is 0.165 e. The zero-order valence-corrected chi connectivity index (χ0v) is 15.9. The number of halogens is 1. The van der Waals surface area contributed by atoms with Crippen LogP contribution >= 0.6 is 0 Å². The van der Waals surface area contributed by atoms with Crippen LogP contribution in [0.15, 0.2) is 42.5 Å². The van der Waals surface area contributed by atoms with E-state index < -0.39 is 11.9 Å². The highest BCUT2D eigenvalue weighted by molar-refractivity contribution is 5.45. The first-order valence-corrected chi connectivity index (χ1v) is 9.56. The highest BCUT2D eigenvalue weighted by atomic mass is 19.1. The lowest BCUT2D eigenvalue weighted by molar-refractivity contribution is -0.00402. The number of nitrogens with zero attached hydrogens (tertiary/aromatic N) is 2. The van der Waals surface area contributed by atoms with Crippen LogP contribution in [0.1, 0.15) is 35.6 Å². The van der Waals surface area contributed by atoms with Crippen LogP contribution in [-0.4, -0.2) is 53.3 Å². The first kappa shape index (κ1) is 18.4. The molecule has 2 N–H and O–H groups in total. The van der Waals surface area contributed by atoms with Gasteiger partial charge in [0, 0.05) is 17.5 Å². The lowest BCUT2D eigenvalue weighted by atomic mass is 9.72. The van der Waals surface area contributed by atoms with Crippen LogP contribution in [0.4, 0.5) is 4.39 Å². The number of hydrogen-bond acceptors (Lipinski definition) is 4. The molecule has 2 atom stereocenters. The molecule has 0 unspecified atom stereocenters. The summed E-state index contributed by atoms with van der Waals surface area (Å²) in [5.41, 5.74) is 2.88. The minimum atomic E-state index is -0.574. The van der Waals surface area contributed by atoms with E-state index in [1.165, 1.54) is 17.2 Å². The van der Waals surface area contributed by atoms with E-state index in [-0.39, 0.29) is 17.2 Å². The first-order valence-electron chi connectivity index (χ1n) is 9.56. The molecule has 0 radical (unpaired) electrons. The Kier molecular flexibility index (Phi) is 4.70. The average molecular weight is 370 g/mol. The Labute approximate surface area is 159 Å². The van der Waals surface area contributed by atoms with E-state index in [1.54, 1.807) is 12.1 Å². The number of likely N-dealkylation sites (tertiary alicyclic amines) is 1. The van der Waals surface area contributed by atoms with E-state index in [9.17, 15) is 14.6 Å². The molecular formula is C22H27FN2O2. The third-order valence-electron chi connectivity index (χ3n) is 6.45. The molecule has 4 nitrogen and oxygen atoms in total. The zero-order chi connectivity index (χ0) is 19.2. The van der Waals surface area contributed by atoms with Crippen LogP contribution in [0.2, 0.25) is 0 Å². The fourth-order valence-corrected chi connectivity index (χ4v) is 5.00. The second-order valence-electron chi connectivity index (χ2n) is 8.12. The largest absolute Gasteiger partial charge is 0.505 e. The molecule has 0 amide bonds. The molecule has 27 heavy (non-hydrogen) atoms. The molecule has 2 aromatic carbocycles. The number of likely N-dealkylation sites (N-methyl/N-ethyl adjacent to an activating group) is 1. The van der Waals surface area contributed by atoms with Crippen LogP contribution < -0.4 is 0 Å². The van der Waals surface area contributed by atoms with Crippen molar-refractivity contribution in [2.45, 2.75) is 36.9 Å². The van der Waals surface area contributed by atoms with E-state index in [0.29, 0.717) is 12.1 Å². The number of para-hydroxylation sites is 1. The summed E-state index contributed by atoms with van der Waals surface area (Å²) in [6, 6.07) is 13.1.